The summed E-state index contributed by atoms with van der Waals surface area (Å²) in [6.45, 7) is 6.94. The Kier molecular flexibility index (Phi) is 4.08. The zero-order chi connectivity index (χ0) is 16.6. The Bertz CT molecular complexity index is 576. The van der Waals surface area contributed by atoms with Gasteiger partial charge in [0.25, 0.3) is 5.91 Å². The van der Waals surface area contributed by atoms with E-state index < -0.39 is 5.60 Å². The minimum Gasteiger partial charge on any atom is -0.459 e. The first kappa shape index (κ1) is 15.9. The Morgan fingerprint density at radius 3 is 2.74 bits per heavy atom. The molecule has 2 amide bonds. The predicted octanol–water partition coefficient (Wildman–Crippen LogP) is 2.65. The number of hydrogen-bond acceptors (Lipinski definition) is 4. The van der Waals surface area contributed by atoms with Crippen LogP contribution in [-0.2, 0) is 4.74 Å². The molecule has 2 aliphatic rings. The molecule has 6 heteroatoms. The summed E-state index contributed by atoms with van der Waals surface area (Å²) in [6, 6.07) is 3.48. The lowest BCUT2D eigenvalue weighted by molar-refractivity contribution is 0.0491. The van der Waals surface area contributed by atoms with Gasteiger partial charge in [-0.3, -0.25) is 4.79 Å². The highest BCUT2D eigenvalue weighted by molar-refractivity contribution is 5.91. The SMILES string of the molecule is CC(C)(C)OC(=O)N[C@@H]1CC[C@@H]2CN(C(=O)c3ccco3)C[C@H]21. The summed E-state index contributed by atoms with van der Waals surface area (Å²) >= 11 is 0. The van der Waals surface area contributed by atoms with E-state index in [1.54, 1.807) is 12.1 Å². The van der Waals surface area contributed by atoms with Crippen LogP contribution in [0.4, 0.5) is 4.79 Å². The second-order valence-electron chi connectivity index (χ2n) is 7.44. The van der Waals surface area contributed by atoms with Crippen LogP contribution in [-0.4, -0.2) is 41.6 Å². The second-order valence-corrected chi connectivity index (χ2v) is 7.44. The van der Waals surface area contributed by atoms with Crippen molar-refractivity contribution in [2.75, 3.05) is 13.1 Å². The molecule has 0 spiro atoms. The van der Waals surface area contributed by atoms with Gasteiger partial charge >= 0.3 is 6.09 Å². The molecule has 1 aliphatic carbocycles. The Hall–Kier alpha value is -1.98. The third-order valence-electron chi connectivity index (χ3n) is 4.58. The molecule has 2 fully saturated rings. The van der Waals surface area contributed by atoms with E-state index in [0.29, 0.717) is 24.1 Å². The molecule has 3 rings (SSSR count). The minimum absolute atomic E-state index is 0.0691. The number of nitrogens with zero attached hydrogens (tertiary/aromatic N) is 1. The van der Waals surface area contributed by atoms with Crippen LogP contribution in [0.3, 0.4) is 0 Å². The molecule has 0 unspecified atom stereocenters. The first-order chi connectivity index (χ1) is 10.8. The lowest BCUT2D eigenvalue weighted by atomic mass is 9.98. The monoisotopic (exact) mass is 320 g/mol. The van der Waals surface area contributed by atoms with Crippen LogP contribution in [0.5, 0.6) is 0 Å². The standard InChI is InChI=1S/C17H24N2O4/c1-17(2,3)23-16(21)18-13-7-6-11-9-19(10-12(11)13)15(20)14-5-4-8-22-14/h4-5,8,11-13H,6-7,9-10H2,1-3H3,(H,18,21)/t11-,12-,13-/m1/s1. The van der Waals surface area contributed by atoms with Gasteiger partial charge in [-0.15, -0.1) is 0 Å². The summed E-state index contributed by atoms with van der Waals surface area (Å²) in [5.41, 5.74) is -0.501. The van der Waals surface area contributed by atoms with Crippen molar-refractivity contribution in [1.82, 2.24) is 10.2 Å². The molecule has 0 aromatic carbocycles. The van der Waals surface area contributed by atoms with Crippen molar-refractivity contribution in [1.29, 1.82) is 0 Å². The molecule has 1 aliphatic heterocycles. The molecule has 2 heterocycles. The van der Waals surface area contributed by atoms with Crippen LogP contribution in [0.2, 0.25) is 0 Å². The average molecular weight is 320 g/mol. The number of fused-ring (bicyclic) bond motifs is 1. The lowest BCUT2D eigenvalue weighted by Gasteiger charge is -2.24. The van der Waals surface area contributed by atoms with Crippen LogP contribution in [0.1, 0.15) is 44.2 Å². The number of carbonyl (C=O) groups excluding carboxylic acids is 2. The third-order valence-corrected chi connectivity index (χ3v) is 4.58. The average Bonchev–Trinajstić information content (AvgIpc) is 3.13. The number of alkyl carbamates (subject to hydrolysis) is 1. The van der Waals surface area contributed by atoms with E-state index in [0.717, 1.165) is 19.4 Å². The predicted molar refractivity (Wildman–Crippen MR) is 84.0 cm³/mol. The Morgan fingerprint density at radius 1 is 1.30 bits per heavy atom. The molecule has 1 saturated carbocycles. The number of rotatable bonds is 2. The van der Waals surface area contributed by atoms with Gasteiger partial charge < -0.3 is 19.4 Å². The summed E-state index contributed by atoms with van der Waals surface area (Å²) in [6.07, 6.45) is 3.10. The maximum Gasteiger partial charge on any atom is 0.407 e. The van der Waals surface area contributed by atoms with Gasteiger partial charge in [0, 0.05) is 25.0 Å². The van der Waals surface area contributed by atoms with Crippen molar-refractivity contribution in [3.05, 3.63) is 24.2 Å². The maximum atomic E-state index is 12.4. The zero-order valence-corrected chi connectivity index (χ0v) is 13.9. The van der Waals surface area contributed by atoms with Crippen molar-refractivity contribution in [3.8, 4) is 0 Å². The van der Waals surface area contributed by atoms with Crippen LogP contribution in [0.25, 0.3) is 0 Å². The fourth-order valence-corrected chi connectivity index (χ4v) is 3.63. The van der Waals surface area contributed by atoms with Crippen molar-refractivity contribution >= 4 is 12.0 Å². The van der Waals surface area contributed by atoms with Gasteiger partial charge in [-0.2, -0.15) is 0 Å². The highest BCUT2D eigenvalue weighted by Gasteiger charge is 2.45. The fourth-order valence-electron chi connectivity index (χ4n) is 3.63. The van der Waals surface area contributed by atoms with Gasteiger partial charge in [0.05, 0.1) is 6.26 Å². The Balaban J connectivity index is 1.59. The number of hydrogen-bond donors (Lipinski definition) is 1. The quantitative estimate of drug-likeness (QED) is 0.909. The van der Waals surface area contributed by atoms with E-state index in [9.17, 15) is 9.59 Å². The summed E-state index contributed by atoms with van der Waals surface area (Å²) in [5.74, 6) is 1.04. The van der Waals surface area contributed by atoms with E-state index in [4.69, 9.17) is 9.15 Å². The van der Waals surface area contributed by atoms with Gasteiger partial charge in [-0.1, -0.05) is 0 Å². The summed E-state index contributed by atoms with van der Waals surface area (Å²) in [4.78, 5) is 26.2. The zero-order valence-electron chi connectivity index (χ0n) is 13.9. The normalized spacial score (nSPS) is 26.9. The first-order valence-electron chi connectivity index (χ1n) is 8.16. The van der Waals surface area contributed by atoms with Gasteiger partial charge in [-0.25, -0.2) is 4.79 Å². The lowest BCUT2D eigenvalue weighted by Crippen LogP contribution is -2.42. The van der Waals surface area contributed by atoms with Gasteiger partial charge in [0.2, 0.25) is 0 Å². The maximum absolute atomic E-state index is 12.4. The molecular formula is C17H24N2O4. The van der Waals surface area contributed by atoms with E-state index in [2.05, 4.69) is 5.32 Å². The Labute approximate surface area is 136 Å². The summed E-state index contributed by atoms with van der Waals surface area (Å²) in [5, 5.41) is 2.98. The molecule has 1 aromatic rings. The van der Waals surface area contributed by atoms with Gasteiger partial charge in [-0.05, 0) is 51.7 Å². The molecule has 126 valence electrons. The van der Waals surface area contributed by atoms with Crippen molar-refractivity contribution in [2.24, 2.45) is 11.8 Å². The van der Waals surface area contributed by atoms with Gasteiger partial charge in [0.15, 0.2) is 5.76 Å². The molecule has 0 radical (unpaired) electrons. The van der Waals surface area contributed by atoms with Crippen molar-refractivity contribution < 1.29 is 18.7 Å². The molecule has 23 heavy (non-hydrogen) atoms. The molecule has 0 bridgehead atoms. The van der Waals surface area contributed by atoms with Crippen LogP contribution in [0.15, 0.2) is 22.8 Å². The second kappa shape index (κ2) is 5.91. The summed E-state index contributed by atoms with van der Waals surface area (Å²) in [7, 11) is 0. The molecule has 3 atom stereocenters. The number of nitrogens with one attached hydrogen (secondary N) is 1. The van der Waals surface area contributed by atoms with Crippen LogP contribution in [0, 0.1) is 11.8 Å². The number of likely N-dealkylation sites (tertiary alicyclic amines) is 1. The van der Waals surface area contributed by atoms with Crippen LogP contribution < -0.4 is 5.32 Å². The van der Waals surface area contributed by atoms with Crippen LogP contribution >= 0.6 is 0 Å². The molecule has 1 aromatic heterocycles. The topological polar surface area (TPSA) is 71.8 Å². The van der Waals surface area contributed by atoms with E-state index >= 15 is 0 Å². The molecule has 6 nitrogen and oxygen atoms in total. The number of amides is 2. The Morgan fingerprint density at radius 2 is 2.09 bits per heavy atom. The highest BCUT2D eigenvalue weighted by Crippen LogP contribution is 2.38. The number of ether oxygens (including phenoxy) is 1. The molecule has 1 saturated heterocycles. The van der Waals surface area contributed by atoms with E-state index in [1.807, 2.05) is 25.7 Å². The highest BCUT2D eigenvalue weighted by atomic mass is 16.6. The van der Waals surface area contributed by atoms with Crippen molar-refractivity contribution in [2.45, 2.75) is 45.3 Å². The minimum atomic E-state index is -0.501. The largest absolute Gasteiger partial charge is 0.459 e. The first-order valence-corrected chi connectivity index (χ1v) is 8.16. The van der Waals surface area contributed by atoms with E-state index in [1.165, 1.54) is 6.26 Å². The number of carbonyl (C=O) groups is 2. The van der Waals surface area contributed by atoms with Gasteiger partial charge in [0.1, 0.15) is 5.60 Å². The number of furan rings is 1. The van der Waals surface area contributed by atoms with Crippen molar-refractivity contribution in [3.63, 3.8) is 0 Å². The molecule has 1 N–H and O–H groups in total. The third kappa shape index (κ3) is 3.51. The smallest absolute Gasteiger partial charge is 0.407 e. The van der Waals surface area contributed by atoms with E-state index in [-0.39, 0.29) is 18.0 Å². The summed E-state index contributed by atoms with van der Waals surface area (Å²) < 4.78 is 10.5. The fraction of sp³-hybridized carbons (Fsp3) is 0.647. The molecular weight excluding hydrogens is 296 g/mol.